The number of halogens is 2. The highest BCUT2D eigenvalue weighted by Gasteiger charge is 2.27. The van der Waals surface area contributed by atoms with Gasteiger partial charge in [0.2, 0.25) is 10.0 Å². The quantitative estimate of drug-likeness (QED) is 0.856. The topological polar surface area (TPSA) is 73.8 Å². The molecule has 1 aromatic carbocycles. The molecule has 0 radical (unpaired) electrons. The van der Waals surface area contributed by atoms with Gasteiger partial charge in [-0.15, -0.1) is 0 Å². The van der Waals surface area contributed by atoms with Gasteiger partial charge in [-0.2, -0.15) is 0 Å². The number of piperidine rings is 1. The summed E-state index contributed by atoms with van der Waals surface area (Å²) in [6.45, 7) is 2.05. The number of nitrogens with zero attached hydrogens (tertiary/aromatic N) is 2. The van der Waals surface area contributed by atoms with Crippen LogP contribution in [0, 0.1) is 17.6 Å². The van der Waals surface area contributed by atoms with Crippen LogP contribution in [-0.4, -0.2) is 51.7 Å². The molecule has 132 valence electrons. The molecular formula is C15H20F2N4O2S. The van der Waals surface area contributed by atoms with Gasteiger partial charge in [-0.25, -0.2) is 26.9 Å². The minimum Gasteiger partial charge on any atom is -0.366 e. The summed E-state index contributed by atoms with van der Waals surface area (Å²) in [6.07, 6.45) is 2.94. The predicted octanol–water partition coefficient (Wildman–Crippen LogP) is 1.36. The standard InChI is InChI=1S/C15H20F2N4O2S/c1-24(22,23)20-7-10-3-2-4-21(8-10)15-11-5-12(16)13(17)6-14(11)18-9-19-15/h5-6,10,18,20H,2-4,7-9H2,1H3. The molecule has 1 unspecified atom stereocenters. The van der Waals surface area contributed by atoms with Crippen LogP contribution < -0.4 is 10.0 Å². The lowest BCUT2D eigenvalue weighted by molar-refractivity contribution is 0.259. The fraction of sp³-hybridized carbons (Fsp3) is 0.533. The number of sulfonamides is 1. The maximum absolute atomic E-state index is 13.6. The molecule has 2 heterocycles. The number of hydrogen-bond donors (Lipinski definition) is 2. The van der Waals surface area contributed by atoms with Crippen LogP contribution in [0.4, 0.5) is 14.5 Å². The lowest BCUT2D eigenvalue weighted by Gasteiger charge is -2.36. The summed E-state index contributed by atoms with van der Waals surface area (Å²) < 4.78 is 52.1. The number of hydrogen-bond acceptors (Lipinski definition) is 5. The molecule has 0 spiro atoms. The molecule has 3 rings (SSSR count). The molecule has 1 atom stereocenters. The van der Waals surface area contributed by atoms with E-state index in [-0.39, 0.29) is 5.92 Å². The molecule has 0 aliphatic carbocycles. The molecule has 2 aliphatic rings. The van der Waals surface area contributed by atoms with Crippen molar-refractivity contribution in [3.8, 4) is 0 Å². The van der Waals surface area contributed by atoms with Gasteiger partial charge in [0.15, 0.2) is 11.6 Å². The van der Waals surface area contributed by atoms with Crippen LogP contribution in [0.25, 0.3) is 0 Å². The highest BCUT2D eigenvalue weighted by atomic mass is 32.2. The van der Waals surface area contributed by atoms with E-state index in [1.807, 2.05) is 4.90 Å². The number of benzene rings is 1. The number of aliphatic imine (C=N–C) groups is 1. The first-order valence-corrected chi connectivity index (χ1v) is 9.70. The third-order valence-corrected chi connectivity index (χ3v) is 4.94. The molecule has 0 aromatic heterocycles. The van der Waals surface area contributed by atoms with E-state index in [9.17, 15) is 17.2 Å². The van der Waals surface area contributed by atoms with Gasteiger partial charge in [0.25, 0.3) is 0 Å². The molecule has 2 aliphatic heterocycles. The van der Waals surface area contributed by atoms with Crippen molar-refractivity contribution in [1.82, 2.24) is 9.62 Å². The number of nitrogens with one attached hydrogen (secondary N) is 2. The van der Waals surface area contributed by atoms with Gasteiger partial charge in [-0.1, -0.05) is 0 Å². The van der Waals surface area contributed by atoms with E-state index in [2.05, 4.69) is 15.0 Å². The molecule has 9 heteroatoms. The van der Waals surface area contributed by atoms with Crippen molar-refractivity contribution in [2.24, 2.45) is 10.9 Å². The average Bonchev–Trinajstić information content (AvgIpc) is 2.53. The maximum atomic E-state index is 13.6. The van der Waals surface area contributed by atoms with Crippen molar-refractivity contribution in [2.75, 3.05) is 37.9 Å². The third-order valence-electron chi connectivity index (χ3n) is 4.25. The van der Waals surface area contributed by atoms with Gasteiger partial charge in [0, 0.05) is 37.0 Å². The van der Waals surface area contributed by atoms with E-state index in [0.29, 0.717) is 36.8 Å². The summed E-state index contributed by atoms with van der Waals surface area (Å²) in [7, 11) is -3.22. The number of fused-ring (bicyclic) bond motifs is 1. The monoisotopic (exact) mass is 358 g/mol. The fourth-order valence-electron chi connectivity index (χ4n) is 3.13. The van der Waals surface area contributed by atoms with Gasteiger partial charge in [-0.3, -0.25) is 0 Å². The van der Waals surface area contributed by atoms with Crippen molar-refractivity contribution in [1.29, 1.82) is 0 Å². The summed E-state index contributed by atoms with van der Waals surface area (Å²) in [5.41, 5.74) is 1.06. The normalized spacial score (nSPS) is 21.0. The number of amidine groups is 1. The van der Waals surface area contributed by atoms with Gasteiger partial charge < -0.3 is 10.2 Å². The van der Waals surface area contributed by atoms with E-state index < -0.39 is 21.7 Å². The largest absolute Gasteiger partial charge is 0.366 e. The van der Waals surface area contributed by atoms with Crippen molar-refractivity contribution >= 4 is 21.5 Å². The minimum atomic E-state index is -3.22. The smallest absolute Gasteiger partial charge is 0.208 e. The van der Waals surface area contributed by atoms with E-state index in [1.165, 1.54) is 0 Å². The second-order valence-electron chi connectivity index (χ2n) is 6.20. The van der Waals surface area contributed by atoms with Gasteiger partial charge in [-0.05, 0) is 24.8 Å². The van der Waals surface area contributed by atoms with Crippen molar-refractivity contribution in [2.45, 2.75) is 12.8 Å². The van der Waals surface area contributed by atoms with Gasteiger partial charge in [0.1, 0.15) is 12.5 Å². The van der Waals surface area contributed by atoms with Crippen LogP contribution in [0.2, 0.25) is 0 Å². The summed E-state index contributed by atoms with van der Waals surface area (Å²) >= 11 is 0. The average molecular weight is 358 g/mol. The lowest BCUT2D eigenvalue weighted by atomic mass is 9.97. The molecule has 0 amide bonds. The molecule has 1 aromatic rings. The van der Waals surface area contributed by atoms with Gasteiger partial charge in [0.05, 0.1) is 6.26 Å². The second kappa shape index (κ2) is 6.64. The van der Waals surface area contributed by atoms with Crippen LogP contribution >= 0.6 is 0 Å². The van der Waals surface area contributed by atoms with E-state index in [0.717, 1.165) is 37.8 Å². The highest BCUT2D eigenvalue weighted by Crippen LogP contribution is 2.27. The summed E-state index contributed by atoms with van der Waals surface area (Å²) in [6, 6.07) is 2.31. The van der Waals surface area contributed by atoms with Crippen molar-refractivity contribution < 1.29 is 17.2 Å². The van der Waals surface area contributed by atoms with Crippen LogP contribution in [0.5, 0.6) is 0 Å². The second-order valence-corrected chi connectivity index (χ2v) is 8.04. The Hall–Kier alpha value is -1.74. The molecular weight excluding hydrogens is 338 g/mol. The Labute approximate surface area is 140 Å². The first-order chi connectivity index (χ1) is 11.3. The molecule has 24 heavy (non-hydrogen) atoms. The minimum absolute atomic E-state index is 0.153. The zero-order valence-corrected chi connectivity index (χ0v) is 14.2. The molecule has 1 fully saturated rings. The Morgan fingerprint density at radius 1 is 1.38 bits per heavy atom. The highest BCUT2D eigenvalue weighted by molar-refractivity contribution is 7.88. The third kappa shape index (κ3) is 3.84. The van der Waals surface area contributed by atoms with Crippen LogP contribution in [0.15, 0.2) is 17.1 Å². The predicted molar refractivity (Wildman–Crippen MR) is 88.5 cm³/mol. The zero-order chi connectivity index (χ0) is 17.3. The Balaban J connectivity index is 1.77. The Bertz CT molecular complexity index is 767. The van der Waals surface area contributed by atoms with E-state index in [1.54, 1.807) is 0 Å². The Kier molecular flexibility index (Phi) is 4.73. The molecule has 6 nitrogen and oxygen atoms in total. The molecule has 2 N–H and O–H groups in total. The SMILES string of the molecule is CS(=O)(=O)NCC1CCCN(C2=NCNc3cc(F)c(F)cc32)C1. The number of likely N-dealkylation sites (tertiary alicyclic amines) is 1. The maximum Gasteiger partial charge on any atom is 0.208 e. The van der Waals surface area contributed by atoms with Crippen molar-refractivity contribution in [3.63, 3.8) is 0 Å². The molecule has 0 bridgehead atoms. The molecule has 0 saturated carbocycles. The number of rotatable bonds is 3. The Morgan fingerprint density at radius 3 is 2.88 bits per heavy atom. The van der Waals surface area contributed by atoms with Crippen LogP contribution in [-0.2, 0) is 10.0 Å². The van der Waals surface area contributed by atoms with Crippen LogP contribution in [0.1, 0.15) is 18.4 Å². The van der Waals surface area contributed by atoms with Crippen LogP contribution in [0.3, 0.4) is 0 Å². The lowest BCUT2D eigenvalue weighted by Crippen LogP contribution is -2.45. The van der Waals surface area contributed by atoms with Gasteiger partial charge >= 0.3 is 0 Å². The summed E-state index contributed by atoms with van der Waals surface area (Å²) in [5.74, 6) is -1.01. The fourth-order valence-corrected chi connectivity index (χ4v) is 3.66. The van der Waals surface area contributed by atoms with Crippen molar-refractivity contribution in [3.05, 3.63) is 29.3 Å². The first kappa shape index (κ1) is 17.1. The molecule has 1 saturated heterocycles. The number of anilines is 1. The zero-order valence-electron chi connectivity index (χ0n) is 13.3. The summed E-state index contributed by atoms with van der Waals surface area (Å²) in [5, 5.41) is 2.94. The van der Waals surface area contributed by atoms with E-state index >= 15 is 0 Å². The first-order valence-electron chi connectivity index (χ1n) is 7.81. The Morgan fingerprint density at radius 2 is 2.12 bits per heavy atom. The summed E-state index contributed by atoms with van der Waals surface area (Å²) in [4.78, 5) is 6.44. The van der Waals surface area contributed by atoms with E-state index in [4.69, 9.17) is 0 Å².